The molecule has 112 valence electrons. The Bertz CT molecular complexity index is 651. The van der Waals surface area contributed by atoms with Gasteiger partial charge in [0, 0.05) is 6.42 Å². The van der Waals surface area contributed by atoms with Crippen molar-refractivity contribution in [2.75, 3.05) is 0 Å². The molecule has 0 aliphatic heterocycles. The normalized spacial score (nSPS) is 11.4. The Morgan fingerprint density at radius 1 is 1.38 bits per heavy atom. The third-order valence-corrected chi connectivity index (χ3v) is 3.48. The van der Waals surface area contributed by atoms with Crippen LogP contribution in [0.3, 0.4) is 0 Å². The molecule has 5 nitrogen and oxygen atoms in total. The lowest BCUT2D eigenvalue weighted by Crippen LogP contribution is -2.23. The van der Waals surface area contributed by atoms with E-state index < -0.39 is 10.5 Å². The predicted molar refractivity (Wildman–Crippen MR) is 80.1 cm³/mol. The van der Waals surface area contributed by atoms with E-state index in [4.69, 9.17) is 27.9 Å². The first-order valence-electron chi connectivity index (χ1n) is 6.29. The van der Waals surface area contributed by atoms with Crippen molar-refractivity contribution in [1.29, 1.82) is 0 Å². The van der Waals surface area contributed by atoms with Gasteiger partial charge in [-0.2, -0.15) is 5.10 Å². The summed E-state index contributed by atoms with van der Waals surface area (Å²) in [6.07, 6.45) is 0.258. The summed E-state index contributed by atoms with van der Waals surface area (Å²) in [5.41, 5.74) is 1.46. The summed E-state index contributed by atoms with van der Waals surface area (Å²) in [5.74, 6) is -0.547. The van der Waals surface area contributed by atoms with Gasteiger partial charge in [0.05, 0.1) is 11.4 Å². The standard InChI is InChI=1S/C14H14Cl2N2O3/c1-3-14(15,16)21-13(20)12-8-9(2)17-18(12)10-4-6-11(19)7-5-10/h4-8,19H,3H2,1-2H3. The van der Waals surface area contributed by atoms with Crippen LogP contribution in [0.5, 0.6) is 5.75 Å². The van der Waals surface area contributed by atoms with E-state index >= 15 is 0 Å². The van der Waals surface area contributed by atoms with E-state index in [1.165, 1.54) is 16.8 Å². The van der Waals surface area contributed by atoms with Crippen LogP contribution < -0.4 is 0 Å². The van der Waals surface area contributed by atoms with Gasteiger partial charge in [0.2, 0.25) is 0 Å². The quantitative estimate of drug-likeness (QED) is 0.688. The average molecular weight is 329 g/mol. The smallest absolute Gasteiger partial charge is 0.359 e. The van der Waals surface area contributed by atoms with Crippen LogP contribution in [0.4, 0.5) is 0 Å². The van der Waals surface area contributed by atoms with Gasteiger partial charge in [0.15, 0.2) is 5.69 Å². The lowest BCUT2D eigenvalue weighted by Gasteiger charge is -2.18. The number of ether oxygens (including phenoxy) is 1. The summed E-state index contributed by atoms with van der Waals surface area (Å²) in [6.45, 7) is 3.46. The molecule has 2 aromatic rings. The van der Waals surface area contributed by atoms with Crippen LogP contribution in [0.15, 0.2) is 30.3 Å². The van der Waals surface area contributed by atoms with Gasteiger partial charge in [0.25, 0.3) is 4.52 Å². The first-order chi connectivity index (χ1) is 9.82. The zero-order valence-corrected chi connectivity index (χ0v) is 13.0. The molecule has 1 N–H and O–H groups in total. The topological polar surface area (TPSA) is 64.3 Å². The first-order valence-corrected chi connectivity index (χ1v) is 7.05. The average Bonchev–Trinajstić information content (AvgIpc) is 2.81. The van der Waals surface area contributed by atoms with Crippen LogP contribution in [-0.4, -0.2) is 25.4 Å². The Morgan fingerprint density at radius 3 is 2.57 bits per heavy atom. The highest BCUT2D eigenvalue weighted by Gasteiger charge is 2.29. The number of rotatable bonds is 4. The molecule has 1 heterocycles. The highest BCUT2D eigenvalue weighted by Crippen LogP contribution is 2.28. The summed E-state index contributed by atoms with van der Waals surface area (Å²) >= 11 is 11.7. The highest BCUT2D eigenvalue weighted by molar-refractivity contribution is 6.47. The number of esters is 1. The van der Waals surface area contributed by atoms with E-state index in [-0.39, 0.29) is 17.9 Å². The molecule has 0 bridgehead atoms. The molecule has 1 aromatic heterocycles. The third-order valence-electron chi connectivity index (χ3n) is 2.79. The van der Waals surface area contributed by atoms with Gasteiger partial charge in [0.1, 0.15) is 5.75 Å². The lowest BCUT2D eigenvalue weighted by atomic mass is 10.3. The Hall–Kier alpha value is -1.72. The molecule has 21 heavy (non-hydrogen) atoms. The van der Waals surface area contributed by atoms with Crippen molar-refractivity contribution in [3.05, 3.63) is 41.7 Å². The largest absolute Gasteiger partial charge is 0.508 e. The Labute approximate surface area is 132 Å². The Morgan fingerprint density at radius 2 is 2.00 bits per heavy atom. The summed E-state index contributed by atoms with van der Waals surface area (Å²) in [5, 5.41) is 13.6. The summed E-state index contributed by atoms with van der Waals surface area (Å²) in [4.78, 5) is 12.2. The summed E-state index contributed by atoms with van der Waals surface area (Å²) in [6, 6.07) is 7.84. The van der Waals surface area contributed by atoms with E-state index in [0.717, 1.165) is 0 Å². The third kappa shape index (κ3) is 3.68. The van der Waals surface area contributed by atoms with Gasteiger partial charge >= 0.3 is 5.97 Å². The van der Waals surface area contributed by atoms with Crippen LogP contribution in [0.2, 0.25) is 0 Å². The summed E-state index contributed by atoms with van der Waals surface area (Å²) in [7, 11) is 0. The minimum Gasteiger partial charge on any atom is -0.508 e. The molecule has 0 atom stereocenters. The van der Waals surface area contributed by atoms with Crippen LogP contribution in [0.1, 0.15) is 29.5 Å². The molecule has 0 amide bonds. The number of aromatic nitrogens is 2. The SMILES string of the molecule is CCC(Cl)(Cl)OC(=O)c1cc(C)nn1-c1ccc(O)cc1. The number of hydrogen-bond donors (Lipinski definition) is 1. The number of hydrogen-bond acceptors (Lipinski definition) is 4. The second-order valence-corrected chi connectivity index (χ2v) is 5.89. The van der Waals surface area contributed by atoms with Crippen LogP contribution in [0.25, 0.3) is 5.69 Å². The van der Waals surface area contributed by atoms with E-state index in [9.17, 15) is 9.90 Å². The summed E-state index contributed by atoms with van der Waals surface area (Å²) < 4.78 is 4.89. The van der Waals surface area contributed by atoms with Crippen LogP contribution in [-0.2, 0) is 4.74 Å². The fraction of sp³-hybridized carbons (Fsp3) is 0.286. The molecule has 0 spiro atoms. The monoisotopic (exact) mass is 328 g/mol. The van der Waals surface area contributed by atoms with Crippen molar-refractivity contribution in [3.8, 4) is 11.4 Å². The highest BCUT2D eigenvalue weighted by atomic mass is 35.5. The number of benzene rings is 1. The Kier molecular flexibility index (Phi) is 4.44. The molecule has 0 saturated heterocycles. The molecule has 2 rings (SSSR count). The van der Waals surface area contributed by atoms with E-state index in [1.807, 2.05) is 0 Å². The second-order valence-electron chi connectivity index (χ2n) is 4.48. The minimum atomic E-state index is -1.57. The maximum absolute atomic E-state index is 12.2. The van der Waals surface area contributed by atoms with Gasteiger partial charge in [-0.1, -0.05) is 30.1 Å². The van der Waals surface area contributed by atoms with E-state index in [0.29, 0.717) is 11.4 Å². The fourth-order valence-corrected chi connectivity index (χ4v) is 1.84. The number of phenolic OH excluding ortho intramolecular Hbond substituents is 1. The maximum Gasteiger partial charge on any atom is 0.359 e. The minimum absolute atomic E-state index is 0.123. The number of carbonyl (C=O) groups excluding carboxylic acids is 1. The zero-order valence-electron chi connectivity index (χ0n) is 11.5. The predicted octanol–water partition coefficient (Wildman–Crippen LogP) is 3.58. The number of phenols is 1. The van der Waals surface area contributed by atoms with E-state index in [2.05, 4.69) is 5.10 Å². The maximum atomic E-state index is 12.2. The molecule has 7 heteroatoms. The molecule has 0 unspecified atom stereocenters. The number of nitrogens with zero attached hydrogens (tertiary/aromatic N) is 2. The van der Waals surface area contributed by atoms with Crippen molar-refractivity contribution in [1.82, 2.24) is 9.78 Å². The number of alkyl halides is 2. The van der Waals surface area contributed by atoms with Crippen molar-refractivity contribution in [3.63, 3.8) is 0 Å². The van der Waals surface area contributed by atoms with Gasteiger partial charge < -0.3 is 9.84 Å². The second kappa shape index (κ2) is 5.95. The van der Waals surface area contributed by atoms with Crippen LogP contribution >= 0.6 is 23.2 Å². The van der Waals surface area contributed by atoms with Gasteiger partial charge in [-0.05, 0) is 37.3 Å². The van der Waals surface area contributed by atoms with Crippen molar-refractivity contribution in [2.24, 2.45) is 0 Å². The number of aryl methyl sites for hydroxylation is 1. The number of carbonyl (C=O) groups is 1. The van der Waals surface area contributed by atoms with Crippen LogP contribution in [0, 0.1) is 6.92 Å². The molecule has 0 aliphatic rings. The number of halogens is 2. The molecule has 0 aliphatic carbocycles. The molecular weight excluding hydrogens is 315 g/mol. The molecule has 0 radical (unpaired) electrons. The zero-order chi connectivity index (χ0) is 15.6. The van der Waals surface area contributed by atoms with Crippen molar-refractivity contribution < 1.29 is 14.6 Å². The molecule has 1 aromatic carbocycles. The van der Waals surface area contributed by atoms with Gasteiger partial charge in [-0.3, -0.25) is 0 Å². The Balaban J connectivity index is 2.37. The molecular formula is C14H14Cl2N2O3. The molecule has 0 fully saturated rings. The van der Waals surface area contributed by atoms with Gasteiger partial charge in [-0.25, -0.2) is 9.48 Å². The number of aromatic hydroxyl groups is 1. The first kappa shape index (κ1) is 15.7. The van der Waals surface area contributed by atoms with E-state index in [1.54, 1.807) is 32.0 Å². The molecule has 0 saturated carbocycles. The van der Waals surface area contributed by atoms with Crippen molar-refractivity contribution in [2.45, 2.75) is 24.8 Å². The van der Waals surface area contributed by atoms with Crippen molar-refractivity contribution >= 4 is 29.2 Å². The van der Waals surface area contributed by atoms with Gasteiger partial charge in [-0.15, -0.1) is 0 Å². The fourth-order valence-electron chi connectivity index (χ4n) is 1.70. The lowest BCUT2D eigenvalue weighted by molar-refractivity contribution is 0.0357.